The van der Waals surface area contributed by atoms with Crippen molar-refractivity contribution < 1.29 is 4.74 Å². The van der Waals surface area contributed by atoms with Gasteiger partial charge in [-0.25, -0.2) is 0 Å². The summed E-state index contributed by atoms with van der Waals surface area (Å²) in [6.07, 6.45) is 3.82. The van der Waals surface area contributed by atoms with E-state index >= 15 is 0 Å². The number of aryl methyl sites for hydroxylation is 2. The van der Waals surface area contributed by atoms with Crippen molar-refractivity contribution in [2.45, 2.75) is 39.2 Å². The number of aromatic nitrogens is 1. The van der Waals surface area contributed by atoms with E-state index < -0.39 is 0 Å². The molecule has 0 spiro atoms. The van der Waals surface area contributed by atoms with E-state index in [1.54, 1.807) is 0 Å². The van der Waals surface area contributed by atoms with Crippen molar-refractivity contribution in [3.63, 3.8) is 0 Å². The lowest BCUT2D eigenvalue weighted by atomic mass is 9.96. The number of rotatable bonds is 3. The van der Waals surface area contributed by atoms with Crippen LogP contribution in [0.5, 0.6) is 5.75 Å². The van der Waals surface area contributed by atoms with Gasteiger partial charge >= 0.3 is 0 Å². The molecule has 1 fully saturated rings. The molecule has 3 nitrogen and oxygen atoms in total. The third kappa shape index (κ3) is 2.16. The van der Waals surface area contributed by atoms with Gasteiger partial charge in [0.2, 0.25) is 0 Å². The molecule has 0 amide bonds. The third-order valence-electron chi connectivity index (χ3n) is 2.88. The molecule has 0 aliphatic heterocycles. The fourth-order valence-corrected chi connectivity index (χ4v) is 2.10. The summed E-state index contributed by atoms with van der Waals surface area (Å²) < 4.78 is 5.90. The first-order chi connectivity index (χ1) is 7.58. The van der Waals surface area contributed by atoms with Crippen molar-refractivity contribution >= 4 is 17.2 Å². The highest BCUT2D eigenvalue weighted by atomic mass is 32.1. The molecule has 86 valence electrons. The molecular formula is C12H16N2OS. The molecule has 0 radical (unpaired) electrons. The molecule has 0 atom stereocenters. The van der Waals surface area contributed by atoms with Gasteiger partial charge in [-0.05, 0) is 33.1 Å². The number of pyridine rings is 1. The Kier molecular flexibility index (Phi) is 3.10. The zero-order valence-corrected chi connectivity index (χ0v) is 10.4. The zero-order valence-electron chi connectivity index (χ0n) is 9.62. The lowest BCUT2D eigenvalue weighted by molar-refractivity contribution is 0.120. The topological polar surface area (TPSA) is 48.1 Å². The van der Waals surface area contributed by atoms with Crippen LogP contribution in [0.15, 0.2) is 6.07 Å². The van der Waals surface area contributed by atoms with Gasteiger partial charge in [0.1, 0.15) is 10.7 Å². The minimum atomic E-state index is 0.328. The van der Waals surface area contributed by atoms with E-state index in [9.17, 15) is 0 Å². The van der Waals surface area contributed by atoms with Gasteiger partial charge in [0.25, 0.3) is 0 Å². The highest BCUT2D eigenvalue weighted by Gasteiger charge is 2.22. The summed E-state index contributed by atoms with van der Waals surface area (Å²) in [4.78, 5) is 4.72. The number of thiocarbonyl (C=S) groups is 1. The predicted molar refractivity (Wildman–Crippen MR) is 67.9 cm³/mol. The Labute approximate surface area is 101 Å². The van der Waals surface area contributed by atoms with Crippen molar-refractivity contribution in [2.75, 3.05) is 0 Å². The minimum absolute atomic E-state index is 0.328. The molecule has 0 saturated heterocycles. The van der Waals surface area contributed by atoms with Crippen LogP contribution in [-0.2, 0) is 0 Å². The fraction of sp³-hybridized carbons (Fsp3) is 0.500. The van der Waals surface area contributed by atoms with Crippen LogP contribution in [0.1, 0.15) is 36.2 Å². The minimum Gasteiger partial charge on any atom is -0.490 e. The lowest BCUT2D eigenvalue weighted by Crippen LogP contribution is -2.26. The molecule has 0 unspecified atom stereocenters. The van der Waals surface area contributed by atoms with Gasteiger partial charge in [-0.3, -0.25) is 4.98 Å². The molecule has 4 heteroatoms. The average Bonchev–Trinajstić information content (AvgIpc) is 2.09. The predicted octanol–water partition coefficient (Wildman–Crippen LogP) is 2.26. The number of nitrogens with zero attached hydrogens (tertiary/aromatic N) is 1. The normalized spacial score (nSPS) is 15.6. The highest BCUT2D eigenvalue weighted by molar-refractivity contribution is 7.80. The van der Waals surface area contributed by atoms with E-state index in [1.165, 1.54) is 6.42 Å². The second-order valence-corrected chi connectivity index (χ2v) is 4.70. The van der Waals surface area contributed by atoms with Gasteiger partial charge in [0.05, 0.1) is 17.4 Å². The van der Waals surface area contributed by atoms with Crippen molar-refractivity contribution in [1.29, 1.82) is 0 Å². The SMILES string of the molecule is Cc1cc(OC2CCC2)c(C(N)=S)c(C)n1. The van der Waals surface area contributed by atoms with Gasteiger partial charge in [0.15, 0.2) is 0 Å². The average molecular weight is 236 g/mol. The first-order valence-electron chi connectivity index (χ1n) is 5.52. The molecule has 1 aliphatic rings. The molecule has 1 aromatic heterocycles. The van der Waals surface area contributed by atoms with E-state index in [0.29, 0.717) is 11.1 Å². The van der Waals surface area contributed by atoms with Gasteiger partial charge in [-0.2, -0.15) is 0 Å². The molecule has 2 rings (SSSR count). The van der Waals surface area contributed by atoms with Crippen molar-refractivity contribution in [3.8, 4) is 5.75 Å². The van der Waals surface area contributed by atoms with Gasteiger partial charge in [-0.15, -0.1) is 0 Å². The van der Waals surface area contributed by atoms with Crippen LogP contribution in [0, 0.1) is 13.8 Å². The second-order valence-electron chi connectivity index (χ2n) is 4.26. The third-order valence-corrected chi connectivity index (χ3v) is 3.09. The lowest BCUT2D eigenvalue weighted by Gasteiger charge is -2.27. The van der Waals surface area contributed by atoms with Gasteiger partial charge < -0.3 is 10.5 Å². The Hall–Kier alpha value is -1.16. The Morgan fingerprint density at radius 1 is 1.50 bits per heavy atom. The molecule has 1 heterocycles. The second kappa shape index (κ2) is 4.37. The van der Waals surface area contributed by atoms with E-state index in [-0.39, 0.29) is 0 Å². The van der Waals surface area contributed by atoms with Crippen LogP contribution in [0.2, 0.25) is 0 Å². The molecule has 2 N–H and O–H groups in total. The molecular weight excluding hydrogens is 220 g/mol. The van der Waals surface area contributed by atoms with Crippen LogP contribution < -0.4 is 10.5 Å². The van der Waals surface area contributed by atoms with Gasteiger partial charge in [-0.1, -0.05) is 12.2 Å². The summed E-state index contributed by atoms with van der Waals surface area (Å²) in [7, 11) is 0. The summed E-state index contributed by atoms with van der Waals surface area (Å²) >= 11 is 5.05. The van der Waals surface area contributed by atoms with Crippen LogP contribution in [0.25, 0.3) is 0 Å². The summed E-state index contributed by atoms with van der Waals surface area (Å²) in [6.45, 7) is 3.86. The Morgan fingerprint density at radius 3 is 2.69 bits per heavy atom. The first-order valence-corrected chi connectivity index (χ1v) is 5.93. The Balaban J connectivity index is 2.35. The zero-order chi connectivity index (χ0) is 11.7. The first kappa shape index (κ1) is 11.3. The monoisotopic (exact) mass is 236 g/mol. The maximum absolute atomic E-state index is 5.90. The van der Waals surface area contributed by atoms with Crippen LogP contribution in [0.4, 0.5) is 0 Å². The number of hydrogen-bond donors (Lipinski definition) is 1. The highest BCUT2D eigenvalue weighted by Crippen LogP contribution is 2.29. The summed E-state index contributed by atoms with van der Waals surface area (Å²) in [5, 5.41) is 0. The molecule has 1 saturated carbocycles. The quantitative estimate of drug-likeness (QED) is 0.818. The molecule has 0 bridgehead atoms. The number of hydrogen-bond acceptors (Lipinski definition) is 3. The maximum atomic E-state index is 5.90. The van der Waals surface area contributed by atoms with E-state index in [4.69, 9.17) is 22.7 Å². The van der Waals surface area contributed by atoms with Gasteiger partial charge in [0, 0.05) is 11.8 Å². The van der Waals surface area contributed by atoms with Crippen LogP contribution in [-0.4, -0.2) is 16.1 Å². The van der Waals surface area contributed by atoms with E-state index in [0.717, 1.165) is 35.5 Å². The number of nitrogens with two attached hydrogens (primary N) is 1. The molecule has 0 aromatic carbocycles. The summed E-state index contributed by atoms with van der Waals surface area (Å²) in [6, 6.07) is 1.92. The number of ether oxygens (including phenoxy) is 1. The van der Waals surface area contributed by atoms with Crippen LogP contribution >= 0.6 is 12.2 Å². The largest absolute Gasteiger partial charge is 0.490 e. The van der Waals surface area contributed by atoms with Crippen LogP contribution in [0.3, 0.4) is 0 Å². The van der Waals surface area contributed by atoms with E-state index in [2.05, 4.69) is 4.98 Å². The van der Waals surface area contributed by atoms with Crippen molar-refractivity contribution in [2.24, 2.45) is 5.73 Å². The summed E-state index contributed by atoms with van der Waals surface area (Å²) in [5.74, 6) is 0.794. The molecule has 16 heavy (non-hydrogen) atoms. The summed E-state index contributed by atoms with van der Waals surface area (Å²) in [5.41, 5.74) is 8.28. The standard InChI is InChI=1S/C12H16N2OS/c1-7-6-10(15-9-4-3-5-9)11(12(13)16)8(2)14-7/h6,9H,3-5H2,1-2H3,(H2,13,16). The Morgan fingerprint density at radius 2 is 2.19 bits per heavy atom. The molecule has 1 aromatic rings. The fourth-order valence-electron chi connectivity index (χ4n) is 1.85. The van der Waals surface area contributed by atoms with Crippen molar-refractivity contribution in [3.05, 3.63) is 23.0 Å². The molecule has 1 aliphatic carbocycles. The van der Waals surface area contributed by atoms with E-state index in [1.807, 2.05) is 19.9 Å². The maximum Gasteiger partial charge on any atom is 0.133 e. The smallest absolute Gasteiger partial charge is 0.133 e. The Bertz CT molecular complexity index is 427. The van der Waals surface area contributed by atoms with Crippen molar-refractivity contribution in [1.82, 2.24) is 4.98 Å².